The number of hydrogen-bond donors (Lipinski definition) is 0. The van der Waals surface area contributed by atoms with Gasteiger partial charge in [-0.2, -0.15) is 0 Å². The summed E-state index contributed by atoms with van der Waals surface area (Å²) in [5.74, 6) is 0.0282. The molecule has 0 radical (unpaired) electrons. The van der Waals surface area contributed by atoms with Crippen molar-refractivity contribution >= 4 is 16.7 Å². The van der Waals surface area contributed by atoms with Crippen LogP contribution in [-0.4, -0.2) is 10.4 Å². The van der Waals surface area contributed by atoms with Crippen LogP contribution in [0.4, 0.5) is 4.39 Å². The number of aryl methyl sites for hydroxylation is 1. The SMILES string of the molecule is Cn1cc(C2CCCCC2=O)c2cc(F)ccc21. The first-order valence-electron chi connectivity index (χ1n) is 6.44. The number of halogens is 1. The van der Waals surface area contributed by atoms with E-state index < -0.39 is 0 Å². The lowest BCUT2D eigenvalue weighted by Crippen LogP contribution is -2.16. The number of ketones is 1. The molecule has 0 aliphatic heterocycles. The molecule has 1 unspecified atom stereocenters. The van der Waals surface area contributed by atoms with E-state index in [4.69, 9.17) is 0 Å². The summed E-state index contributed by atoms with van der Waals surface area (Å²) in [5, 5.41) is 0.887. The maximum Gasteiger partial charge on any atom is 0.140 e. The number of carbonyl (C=O) groups excluding carboxylic acids is 1. The van der Waals surface area contributed by atoms with E-state index in [-0.39, 0.29) is 11.7 Å². The van der Waals surface area contributed by atoms with E-state index in [0.717, 1.165) is 35.7 Å². The fourth-order valence-electron chi connectivity index (χ4n) is 2.98. The van der Waals surface area contributed by atoms with Crippen molar-refractivity contribution in [1.29, 1.82) is 0 Å². The third kappa shape index (κ3) is 1.74. The van der Waals surface area contributed by atoms with Gasteiger partial charge in [-0.05, 0) is 36.6 Å². The van der Waals surface area contributed by atoms with E-state index in [9.17, 15) is 9.18 Å². The second-order valence-corrected chi connectivity index (χ2v) is 5.12. The summed E-state index contributed by atoms with van der Waals surface area (Å²) >= 11 is 0. The van der Waals surface area contributed by atoms with E-state index in [2.05, 4.69) is 0 Å². The van der Waals surface area contributed by atoms with E-state index >= 15 is 0 Å². The van der Waals surface area contributed by atoms with Gasteiger partial charge in [-0.15, -0.1) is 0 Å². The molecule has 0 N–H and O–H groups in total. The van der Waals surface area contributed by atoms with Crippen LogP contribution in [0.15, 0.2) is 24.4 Å². The van der Waals surface area contributed by atoms with E-state index in [1.54, 1.807) is 12.1 Å². The van der Waals surface area contributed by atoms with E-state index in [1.165, 1.54) is 6.07 Å². The lowest BCUT2D eigenvalue weighted by Gasteiger charge is -2.19. The van der Waals surface area contributed by atoms with Crippen LogP contribution in [0.25, 0.3) is 10.9 Å². The molecule has 18 heavy (non-hydrogen) atoms. The lowest BCUT2D eigenvalue weighted by atomic mass is 9.83. The van der Waals surface area contributed by atoms with Gasteiger partial charge in [-0.1, -0.05) is 6.42 Å². The second kappa shape index (κ2) is 4.23. The number of benzene rings is 1. The summed E-state index contributed by atoms with van der Waals surface area (Å²) < 4.78 is 15.4. The topological polar surface area (TPSA) is 22.0 Å². The number of carbonyl (C=O) groups is 1. The molecule has 0 bridgehead atoms. The molecule has 1 atom stereocenters. The molecule has 1 aliphatic carbocycles. The van der Waals surface area contributed by atoms with Crippen LogP contribution in [0.5, 0.6) is 0 Å². The second-order valence-electron chi connectivity index (χ2n) is 5.12. The Kier molecular flexibility index (Phi) is 2.69. The molecule has 3 heteroatoms. The normalized spacial score (nSPS) is 20.6. The molecule has 3 rings (SSSR count). The van der Waals surface area contributed by atoms with E-state index in [1.807, 2.05) is 17.8 Å². The minimum Gasteiger partial charge on any atom is -0.350 e. The van der Waals surface area contributed by atoms with Crippen LogP contribution >= 0.6 is 0 Å². The van der Waals surface area contributed by atoms with Crippen LogP contribution in [0, 0.1) is 5.82 Å². The molecular weight excluding hydrogens is 229 g/mol. The van der Waals surface area contributed by atoms with Gasteiger partial charge in [0.2, 0.25) is 0 Å². The average Bonchev–Trinajstić information content (AvgIpc) is 2.67. The Hall–Kier alpha value is -1.64. The largest absolute Gasteiger partial charge is 0.350 e. The Bertz CT molecular complexity index is 614. The van der Waals surface area contributed by atoms with Crippen LogP contribution in [0.1, 0.15) is 37.2 Å². The number of aromatic nitrogens is 1. The zero-order valence-electron chi connectivity index (χ0n) is 10.4. The van der Waals surface area contributed by atoms with E-state index in [0.29, 0.717) is 12.2 Å². The molecule has 1 fully saturated rings. The Morgan fingerprint density at radius 1 is 1.33 bits per heavy atom. The molecule has 0 spiro atoms. The standard InChI is InChI=1S/C15H16FNO/c1-17-9-13(11-4-2-3-5-15(11)18)12-8-10(16)6-7-14(12)17/h6-9,11H,2-5H2,1H3. The summed E-state index contributed by atoms with van der Waals surface area (Å²) in [6.07, 6.45) is 5.62. The fourth-order valence-corrected chi connectivity index (χ4v) is 2.98. The summed E-state index contributed by atoms with van der Waals surface area (Å²) in [6.45, 7) is 0. The Morgan fingerprint density at radius 3 is 2.94 bits per heavy atom. The third-order valence-electron chi connectivity index (χ3n) is 3.91. The summed E-state index contributed by atoms with van der Waals surface area (Å²) in [5.41, 5.74) is 1.99. The smallest absolute Gasteiger partial charge is 0.140 e. The monoisotopic (exact) mass is 245 g/mol. The summed E-state index contributed by atoms with van der Waals surface area (Å²) in [6, 6.07) is 4.79. The van der Waals surface area contributed by atoms with Crippen molar-refractivity contribution in [3.63, 3.8) is 0 Å². The molecule has 0 saturated heterocycles. The predicted molar refractivity (Wildman–Crippen MR) is 69.1 cm³/mol. The van der Waals surface area contributed by atoms with Gasteiger partial charge in [-0.3, -0.25) is 4.79 Å². The third-order valence-corrected chi connectivity index (χ3v) is 3.91. The molecule has 1 saturated carbocycles. The highest BCUT2D eigenvalue weighted by atomic mass is 19.1. The highest BCUT2D eigenvalue weighted by Crippen LogP contribution is 2.35. The number of Topliss-reactive ketones (excluding diaryl/α,β-unsaturated/α-hetero) is 1. The number of hydrogen-bond acceptors (Lipinski definition) is 1. The number of nitrogens with zero attached hydrogens (tertiary/aromatic N) is 1. The van der Waals surface area contributed by atoms with Crippen molar-refractivity contribution < 1.29 is 9.18 Å². The van der Waals surface area contributed by atoms with Crippen molar-refractivity contribution in [2.75, 3.05) is 0 Å². The zero-order valence-corrected chi connectivity index (χ0v) is 10.4. The predicted octanol–water partition coefficient (Wildman–Crippen LogP) is 3.54. The molecule has 2 nitrogen and oxygen atoms in total. The van der Waals surface area contributed by atoms with Gasteiger partial charge in [0.1, 0.15) is 11.6 Å². The average molecular weight is 245 g/mol. The first kappa shape index (κ1) is 11.5. The maximum absolute atomic E-state index is 13.4. The summed E-state index contributed by atoms with van der Waals surface area (Å²) in [4.78, 5) is 12.0. The fraction of sp³-hybridized carbons (Fsp3) is 0.400. The van der Waals surface area contributed by atoms with Crippen LogP contribution in [-0.2, 0) is 11.8 Å². The van der Waals surface area contributed by atoms with Gasteiger partial charge in [0.15, 0.2) is 0 Å². The highest BCUT2D eigenvalue weighted by molar-refractivity contribution is 5.93. The number of fused-ring (bicyclic) bond motifs is 1. The van der Waals surface area contributed by atoms with Gasteiger partial charge in [-0.25, -0.2) is 4.39 Å². The Labute approximate surface area is 105 Å². The molecule has 1 heterocycles. The maximum atomic E-state index is 13.4. The van der Waals surface area contributed by atoms with Crippen LogP contribution < -0.4 is 0 Å². The van der Waals surface area contributed by atoms with Gasteiger partial charge in [0.25, 0.3) is 0 Å². The Morgan fingerprint density at radius 2 is 2.17 bits per heavy atom. The molecule has 1 aliphatic rings. The number of rotatable bonds is 1. The highest BCUT2D eigenvalue weighted by Gasteiger charge is 2.26. The van der Waals surface area contributed by atoms with Crippen molar-refractivity contribution in [1.82, 2.24) is 4.57 Å². The van der Waals surface area contributed by atoms with Crippen molar-refractivity contribution in [2.24, 2.45) is 7.05 Å². The minimum atomic E-state index is -0.238. The van der Waals surface area contributed by atoms with Gasteiger partial charge >= 0.3 is 0 Å². The van der Waals surface area contributed by atoms with Gasteiger partial charge in [0.05, 0.1) is 0 Å². The molecular formula is C15H16FNO. The van der Waals surface area contributed by atoms with Crippen LogP contribution in [0.2, 0.25) is 0 Å². The van der Waals surface area contributed by atoms with Crippen molar-refractivity contribution in [3.8, 4) is 0 Å². The van der Waals surface area contributed by atoms with Crippen molar-refractivity contribution in [2.45, 2.75) is 31.6 Å². The first-order valence-corrected chi connectivity index (χ1v) is 6.44. The Balaban J connectivity index is 2.16. The molecule has 94 valence electrons. The summed E-state index contributed by atoms with van der Waals surface area (Å²) in [7, 11) is 1.94. The quantitative estimate of drug-likeness (QED) is 0.753. The zero-order chi connectivity index (χ0) is 12.7. The van der Waals surface area contributed by atoms with Gasteiger partial charge in [0, 0.05) is 36.5 Å². The molecule has 2 aromatic rings. The molecule has 1 aromatic heterocycles. The molecule has 1 aromatic carbocycles. The minimum absolute atomic E-state index is 0.0377. The van der Waals surface area contributed by atoms with Crippen LogP contribution in [0.3, 0.4) is 0 Å². The van der Waals surface area contributed by atoms with Gasteiger partial charge < -0.3 is 4.57 Å². The first-order chi connectivity index (χ1) is 8.66. The lowest BCUT2D eigenvalue weighted by molar-refractivity contribution is -0.121. The molecule has 0 amide bonds. The van der Waals surface area contributed by atoms with Crippen molar-refractivity contribution in [3.05, 3.63) is 35.8 Å².